The van der Waals surface area contributed by atoms with Crippen molar-refractivity contribution in [1.82, 2.24) is 20.4 Å². The number of nitrogens with two attached hydrogens (primary N) is 1. The lowest BCUT2D eigenvalue weighted by atomic mass is 10.1. The predicted octanol–water partition coefficient (Wildman–Crippen LogP) is 5.52. The molecule has 0 saturated heterocycles. The lowest BCUT2D eigenvalue weighted by molar-refractivity contribution is 0.437. The molecule has 2 heterocycles. The van der Waals surface area contributed by atoms with Crippen LogP contribution in [0.4, 0.5) is 10.1 Å². The highest BCUT2D eigenvalue weighted by molar-refractivity contribution is 6.33. The minimum Gasteiger partial charge on any atom is -0.453 e. The van der Waals surface area contributed by atoms with E-state index < -0.39 is 5.82 Å². The largest absolute Gasteiger partial charge is 0.453 e. The maximum absolute atomic E-state index is 15.0. The van der Waals surface area contributed by atoms with Gasteiger partial charge in [-0.05, 0) is 18.2 Å². The number of benzene rings is 2. The van der Waals surface area contributed by atoms with Gasteiger partial charge >= 0.3 is 0 Å². The van der Waals surface area contributed by atoms with E-state index in [1.54, 1.807) is 6.07 Å². The number of anilines is 1. The number of hydrogen-bond acceptors (Lipinski definition) is 6. The molecule has 2 aromatic heterocycles. The maximum atomic E-state index is 15.0. The van der Waals surface area contributed by atoms with Gasteiger partial charge in [0.25, 0.3) is 5.89 Å². The summed E-state index contributed by atoms with van der Waals surface area (Å²) in [7, 11) is 0. The normalized spacial score (nSPS) is 11.0. The van der Waals surface area contributed by atoms with Crippen molar-refractivity contribution in [1.29, 1.82) is 0 Å². The number of nitrogen functional groups attached to an aromatic ring is 1. The second-order valence-electron chi connectivity index (χ2n) is 5.94. The van der Waals surface area contributed by atoms with E-state index in [0.29, 0.717) is 21.4 Å². The molecule has 7 nitrogen and oxygen atoms in total. The van der Waals surface area contributed by atoms with Crippen molar-refractivity contribution in [2.75, 3.05) is 5.73 Å². The highest BCUT2D eigenvalue weighted by Gasteiger charge is 2.19. The number of halogens is 4. The first-order chi connectivity index (χ1) is 13.9. The third-order valence-electron chi connectivity index (χ3n) is 3.86. The SMILES string of the molecule is Nc1cc(Cl)cc(Oc2c(Cl)ccc(Cc3nnc(-c4[nH]ncc4Cl)o3)c2F)c1. The molecule has 2 aromatic carbocycles. The molecule has 0 fully saturated rings. The van der Waals surface area contributed by atoms with Gasteiger partial charge in [0.1, 0.15) is 11.4 Å². The molecule has 11 heteroatoms. The molecule has 4 rings (SSSR count). The number of rotatable bonds is 5. The molecule has 0 unspecified atom stereocenters. The molecule has 0 amide bonds. The van der Waals surface area contributed by atoms with Crippen molar-refractivity contribution < 1.29 is 13.5 Å². The molecule has 148 valence electrons. The summed E-state index contributed by atoms with van der Waals surface area (Å²) in [5.41, 5.74) is 6.73. The minimum absolute atomic E-state index is 0.00973. The molecule has 0 aliphatic heterocycles. The number of nitrogens with zero attached hydrogens (tertiary/aromatic N) is 3. The van der Waals surface area contributed by atoms with Crippen LogP contribution in [-0.4, -0.2) is 20.4 Å². The van der Waals surface area contributed by atoms with E-state index in [4.69, 9.17) is 49.7 Å². The molecule has 0 aliphatic rings. The van der Waals surface area contributed by atoms with Crippen LogP contribution in [0.1, 0.15) is 11.5 Å². The van der Waals surface area contributed by atoms with Crippen molar-refractivity contribution in [3.05, 3.63) is 68.9 Å². The summed E-state index contributed by atoms with van der Waals surface area (Å²) in [6.07, 6.45) is 1.42. The van der Waals surface area contributed by atoms with Crippen molar-refractivity contribution in [2.24, 2.45) is 0 Å². The van der Waals surface area contributed by atoms with Crippen LogP contribution in [-0.2, 0) is 6.42 Å². The van der Waals surface area contributed by atoms with Crippen LogP contribution in [0.5, 0.6) is 11.5 Å². The molecular formula is C18H11Cl3FN5O2. The van der Waals surface area contributed by atoms with Gasteiger partial charge in [-0.25, -0.2) is 4.39 Å². The van der Waals surface area contributed by atoms with E-state index in [-0.39, 0.29) is 40.3 Å². The second kappa shape index (κ2) is 7.90. The zero-order valence-corrected chi connectivity index (χ0v) is 16.7. The molecule has 3 N–H and O–H groups in total. The Balaban J connectivity index is 1.62. The van der Waals surface area contributed by atoms with Crippen molar-refractivity contribution in [3.63, 3.8) is 0 Å². The molecular weight excluding hydrogens is 444 g/mol. The third kappa shape index (κ3) is 4.14. The number of aromatic amines is 1. The Morgan fingerprint density at radius 1 is 1.10 bits per heavy atom. The zero-order chi connectivity index (χ0) is 20.5. The summed E-state index contributed by atoms with van der Waals surface area (Å²) in [6.45, 7) is 0. The van der Waals surface area contributed by atoms with E-state index in [1.165, 1.54) is 30.5 Å². The Hall–Kier alpha value is -2.81. The van der Waals surface area contributed by atoms with E-state index in [2.05, 4.69) is 20.4 Å². The fraction of sp³-hybridized carbons (Fsp3) is 0.0556. The van der Waals surface area contributed by atoms with Crippen LogP contribution >= 0.6 is 34.8 Å². The molecule has 0 spiro atoms. The average Bonchev–Trinajstić information content (AvgIpc) is 3.29. The van der Waals surface area contributed by atoms with E-state index in [9.17, 15) is 0 Å². The van der Waals surface area contributed by atoms with Gasteiger partial charge in [0.2, 0.25) is 5.89 Å². The standard InChI is InChI=1S/C18H11Cl3FN5O2/c19-9-4-10(23)6-11(5-9)28-17-12(20)2-1-8(15(17)22)3-14-25-27-18(29-14)16-13(21)7-24-26-16/h1-2,4-7H,3,23H2,(H,24,26). The Morgan fingerprint density at radius 3 is 2.66 bits per heavy atom. The number of H-pyrrole nitrogens is 1. The quantitative estimate of drug-likeness (QED) is 0.385. The average molecular weight is 455 g/mol. The van der Waals surface area contributed by atoms with Crippen LogP contribution in [0.3, 0.4) is 0 Å². The first-order valence-corrected chi connectivity index (χ1v) is 9.26. The summed E-state index contributed by atoms with van der Waals surface area (Å²) in [4.78, 5) is 0. The lowest BCUT2D eigenvalue weighted by Crippen LogP contribution is -1.98. The second-order valence-corrected chi connectivity index (χ2v) is 7.19. The van der Waals surface area contributed by atoms with Crippen molar-refractivity contribution in [3.8, 4) is 23.1 Å². The van der Waals surface area contributed by atoms with Crippen molar-refractivity contribution in [2.45, 2.75) is 6.42 Å². The van der Waals surface area contributed by atoms with Crippen LogP contribution in [0.25, 0.3) is 11.6 Å². The maximum Gasteiger partial charge on any atom is 0.267 e. The van der Waals surface area contributed by atoms with E-state index in [0.717, 1.165) is 0 Å². The molecule has 0 radical (unpaired) electrons. The van der Waals surface area contributed by atoms with Gasteiger partial charge in [0.05, 0.1) is 22.7 Å². The molecule has 29 heavy (non-hydrogen) atoms. The number of nitrogens with one attached hydrogen (secondary N) is 1. The topological polar surface area (TPSA) is 103 Å². The fourth-order valence-corrected chi connectivity index (χ4v) is 3.16. The van der Waals surface area contributed by atoms with E-state index >= 15 is 4.39 Å². The number of aromatic nitrogens is 4. The fourth-order valence-electron chi connectivity index (χ4n) is 2.57. The van der Waals surface area contributed by atoms with Gasteiger partial charge in [-0.1, -0.05) is 40.9 Å². The molecule has 4 aromatic rings. The Labute approximate surface area is 178 Å². The first kappa shape index (κ1) is 19.5. The summed E-state index contributed by atoms with van der Waals surface area (Å²) < 4.78 is 26.2. The van der Waals surface area contributed by atoms with Gasteiger partial charge in [-0.2, -0.15) is 5.10 Å². The highest BCUT2D eigenvalue weighted by atomic mass is 35.5. The predicted molar refractivity (Wildman–Crippen MR) is 107 cm³/mol. The summed E-state index contributed by atoms with van der Waals surface area (Å²) >= 11 is 18.1. The first-order valence-electron chi connectivity index (χ1n) is 8.13. The van der Waals surface area contributed by atoms with Crippen LogP contribution in [0.15, 0.2) is 40.9 Å². The minimum atomic E-state index is -0.671. The van der Waals surface area contributed by atoms with Gasteiger partial charge in [-0.15, -0.1) is 10.2 Å². The Kier molecular flexibility index (Phi) is 5.31. The Bertz CT molecular complexity index is 1170. The third-order valence-corrected chi connectivity index (χ3v) is 4.66. The summed E-state index contributed by atoms with van der Waals surface area (Å²) in [6, 6.07) is 7.56. The summed E-state index contributed by atoms with van der Waals surface area (Å²) in [5, 5.41) is 15.0. The molecule has 0 bridgehead atoms. The molecule has 0 aliphatic carbocycles. The lowest BCUT2D eigenvalue weighted by Gasteiger charge is -2.12. The van der Waals surface area contributed by atoms with Crippen LogP contribution in [0.2, 0.25) is 15.1 Å². The molecule has 0 atom stereocenters. The van der Waals surface area contributed by atoms with Crippen LogP contribution < -0.4 is 10.5 Å². The number of hydrogen-bond donors (Lipinski definition) is 2. The van der Waals surface area contributed by atoms with E-state index in [1.807, 2.05) is 0 Å². The summed E-state index contributed by atoms with van der Waals surface area (Å²) in [5.74, 6) is -0.271. The van der Waals surface area contributed by atoms with Gasteiger partial charge < -0.3 is 14.9 Å². The van der Waals surface area contributed by atoms with Crippen molar-refractivity contribution >= 4 is 40.5 Å². The zero-order valence-electron chi connectivity index (χ0n) is 14.4. The van der Waals surface area contributed by atoms with Crippen LogP contribution in [0, 0.1) is 5.82 Å². The monoisotopic (exact) mass is 453 g/mol. The highest BCUT2D eigenvalue weighted by Crippen LogP contribution is 2.36. The smallest absolute Gasteiger partial charge is 0.267 e. The van der Waals surface area contributed by atoms with Gasteiger partial charge in [0, 0.05) is 22.3 Å². The number of ether oxygens (including phenoxy) is 1. The van der Waals surface area contributed by atoms with Gasteiger partial charge in [0.15, 0.2) is 11.6 Å². The van der Waals surface area contributed by atoms with Gasteiger partial charge in [-0.3, -0.25) is 5.10 Å². The molecule has 0 saturated carbocycles. The Morgan fingerprint density at radius 2 is 1.93 bits per heavy atom.